The molecule has 2 rings (SSSR count). The van der Waals surface area contributed by atoms with E-state index in [1.165, 1.54) is 38.5 Å². The average Bonchev–Trinajstić information content (AvgIpc) is 1.99. The largest absolute Gasteiger partial charge is 0.314 e. The van der Waals surface area contributed by atoms with Crippen LogP contribution in [0.1, 0.15) is 59.3 Å². The molecular formula is C13H25N. The molecule has 0 saturated heterocycles. The first kappa shape index (κ1) is 10.5. The summed E-state index contributed by atoms with van der Waals surface area (Å²) in [7, 11) is 2.13. The summed E-state index contributed by atoms with van der Waals surface area (Å²) in [6.07, 6.45) is 8.53. The van der Waals surface area contributed by atoms with Gasteiger partial charge in [0.05, 0.1) is 0 Å². The minimum absolute atomic E-state index is 0.391. The average molecular weight is 195 g/mol. The zero-order chi connectivity index (χ0) is 10.4. The monoisotopic (exact) mass is 195 g/mol. The zero-order valence-corrected chi connectivity index (χ0v) is 10.2. The molecule has 2 aliphatic rings. The summed E-state index contributed by atoms with van der Waals surface area (Å²) < 4.78 is 0. The molecule has 0 amide bonds. The summed E-state index contributed by atoms with van der Waals surface area (Å²) in [5.41, 5.74) is 1.62. The van der Waals surface area contributed by atoms with Gasteiger partial charge in [0, 0.05) is 5.54 Å². The van der Waals surface area contributed by atoms with Crippen molar-refractivity contribution in [2.24, 2.45) is 10.8 Å². The molecule has 1 heteroatoms. The van der Waals surface area contributed by atoms with E-state index in [-0.39, 0.29) is 0 Å². The molecule has 2 bridgehead atoms. The van der Waals surface area contributed by atoms with Gasteiger partial charge in [-0.1, -0.05) is 20.3 Å². The predicted octanol–water partition coefficient (Wildman–Crippen LogP) is 3.34. The lowest BCUT2D eigenvalue weighted by molar-refractivity contribution is -0.0250. The maximum absolute atomic E-state index is 3.56. The molecule has 14 heavy (non-hydrogen) atoms. The van der Waals surface area contributed by atoms with Crippen molar-refractivity contribution in [2.75, 3.05) is 7.05 Å². The molecule has 0 heterocycles. The molecule has 2 fully saturated rings. The van der Waals surface area contributed by atoms with Gasteiger partial charge in [0.2, 0.25) is 0 Å². The van der Waals surface area contributed by atoms with E-state index in [0.29, 0.717) is 16.4 Å². The van der Waals surface area contributed by atoms with Crippen molar-refractivity contribution in [1.82, 2.24) is 5.32 Å². The number of hydrogen-bond donors (Lipinski definition) is 1. The summed E-state index contributed by atoms with van der Waals surface area (Å²) in [4.78, 5) is 0. The predicted molar refractivity (Wildman–Crippen MR) is 61.4 cm³/mol. The van der Waals surface area contributed by atoms with Crippen LogP contribution in [0, 0.1) is 10.8 Å². The Morgan fingerprint density at radius 2 is 1.36 bits per heavy atom. The Labute approximate surface area is 88.7 Å². The lowest BCUT2D eigenvalue weighted by Crippen LogP contribution is -2.54. The first-order chi connectivity index (χ1) is 6.39. The van der Waals surface area contributed by atoms with Crippen molar-refractivity contribution in [3.8, 4) is 0 Å². The van der Waals surface area contributed by atoms with Crippen molar-refractivity contribution in [2.45, 2.75) is 64.8 Å². The molecule has 2 atom stereocenters. The molecule has 0 radical (unpaired) electrons. The molecular weight excluding hydrogens is 170 g/mol. The first-order valence-electron chi connectivity index (χ1n) is 6.08. The zero-order valence-electron chi connectivity index (χ0n) is 10.2. The van der Waals surface area contributed by atoms with Gasteiger partial charge in [0.25, 0.3) is 0 Å². The lowest BCUT2D eigenvalue weighted by Gasteiger charge is -2.56. The topological polar surface area (TPSA) is 12.0 Å². The van der Waals surface area contributed by atoms with Crippen LogP contribution in [0.15, 0.2) is 0 Å². The Balaban J connectivity index is 2.25. The normalized spacial score (nSPS) is 53.1. The lowest BCUT2D eigenvalue weighted by atomic mass is 9.52. The molecule has 2 unspecified atom stereocenters. The van der Waals surface area contributed by atoms with Crippen molar-refractivity contribution in [3.05, 3.63) is 0 Å². The quantitative estimate of drug-likeness (QED) is 0.676. The van der Waals surface area contributed by atoms with E-state index >= 15 is 0 Å². The third kappa shape index (κ3) is 1.71. The Morgan fingerprint density at radius 3 is 1.79 bits per heavy atom. The highest BCUT2D eigenvalue weighted by Gasteiger charge is 2.50. The van der Waals surface area contributed by atoms with Crippen LogP contribution in [0.4, 0.5) is 0 Å². The minimum atomic E-state index is 0.391. The molecule has 0 aromatic rings. The van der Waals surface area contributed by atoms with Gasteiger partial charge in [-0.25, -0.2) is 0 Å². The van der Waals surface area contributed by atoms with E-state index in [1.807, 2.05) is 0 Å². The van der Waals surface area contributed by atoms with Crippen molar-refractivity contribution in [1.29, 1.82) is 0 Å². The van der Waals surface area contributed by atoms with Gasteiger partial charge < -0.3 is 5.32 Å². The van der Waals surface area contributed by atoms with Crippen LogP contribution in [0.5, 0.6) is 0 Å². The smallest absolute Gasteiger partial charge is 0.0160 e. The maximum Gasteiger partial charge on any atom is 0.0160 e. The van der Waals surface area contributed by atoms with Gasteiger partial charge in [-0.05, 0) is 56.9 Å². The van der Waals surface area contributed by atoms with Crippen molar-refractivity contribution >= 4 is 0 Å². The van der Waals surface area contributed by atoms with Crippen LogP contribution in [-0.2, 0) is 0 Å². The third-order valence-electron chi connectivity index (χ3n) is 4.65. The molecule has 1 N–H and O–H groups in total. The van der Waals surface area contributed by atoms with Gasteiger partial charge in [0.15, 0.2) is 0 Å². The molecule has 82 valence electrons. The highest BCUT2D eigenvalue weighted by molar-refractivity contribution is 5.04. The van der Waals surface area contributed by atoms with Gasteiger partial charge in [-0.2, -0.15) is 0 Å². The minimum Gasteiger partial charge on any atom is -0.314 e. The molecule has 0 aliphatic heterocycles. The van der Waals surface area contributed by atoms with Crippen LogP contribution in [0.25, 0.3) is 0 Å². The number of rotatable bonds is 1. The Hall–Kier alpha value is -0.0400. The standard InChI is InChI=1S/C13H25N/c1-11-6-5-7-12(2,8-11)10-13(3,9-11)14-4/h14H,5-10H2,1-4H3. The van der Waals surface area contributed by atoms with E-state index in [1.54, 1.807) is 0 Å². The molecule has 1 nitrogen and oxygen atoms in total. The Morgan fingerprint density at radius 1 is 0.857 bits per heavy atom. The van der Waals surface area contributed by atoms with Gasteiger partial charge in [-0.15, -0.1) is 0 Å². The van der Waals surface area contributed by atoms with Crippen LogP contribution in [-0.4, -0.2) is 12.6 Å². The molecule has 2 aliphatic carbocycles. The first-order valence-corrected chi connectivity index (χ1v) is 6.08. The summed E-state index contributed by atoms with van der Waals surface area (Å²) in [5, 5.41) is 3.56. The van der Waals surface area contributed by atoms with Crippen LogP contribution < -0.4 is 5.32 Å². The fourth-order valence-electron chi connectivity index (χ4n) is 4.57. The Kier molecular flexibility index (Phi) is 2.23. The highest BCUT2D eigenvalue weighted by atomic mass is 14.9. The van der Waals surface area contributed by atoms with Crippen LogP contribution >= 0.6 is 0 Å². The van der Waals surface area contributed by atoms with Gasteiger partial charge >= 0.3 is 0 Å². The second-order valence-electron chi connectivity index (χ2n) is 6.82. The van der Waals surface area contributed by atoms with Crippen LogP contribution in [0.2, 0.25) is 0 Å². The summed E-state index contributed by atoms with van der Waals surface area (Å²) in [6.45, 7) is 7.41. The summed E-state index contributed by atoms with van der Waals surface area (Å²) >= 11 is 0. The van der Waals surface area contributed by atoms with E-state index < -0.39 is 0 Å². The number of hydrogen-bond acceptors (Lipinski definition) is 1. The molecule has 0 aromatic heterocycles. The fraction of sp³-hybridized carbons (Fsp3) is 1.00. The van der Waals surface area contributed by atoms with E-state index in [9.17, 15) is 0 Å². The fourth-order valence-corrected chi connectivity index (χ4v) is 4.57. The van der Waals surface area contributed by atoms with Gasteiger partial charge in [0.1, 0.15) is 0 Å². The SMILES string of the molecule is CNC1(C)CC2(C)CCCC(C)(C2)C1. The second-order valence-corrected chi connectivity index (χ2v) is 6.82. The Bertz CT molecular complexity index is 213. The molecule has 0 aromatic carbocycles. The number of fused-ring (bicyclic) bond motifs is 2. The number of nitrogens with one attached hydrogen (secondary N) is 1. The third-order valence-corrected chi connectivity index (χ3v) is 4.65. The molecule has 0 spiro atoms. The molecule has 2 saturated carbocycles. The van der Waals surface area contributed by atoms with Gasteiger partial charge in [-0.3, -0.25) is 0 Å². The summed E-state index contributed by atoms with van der Waals surface area (Å²) in [6, 6.07) is 0. The maximum atomic E-state index is 3.56. The van der Waals surface area contributed by atoms with Crippen molar-refractivity contribution in [3.63, 3.8) is 0 Å². The highest BCUT2D eigenvalue weighted by Crippen LogP contribution is 2.57. The van der Waals surface area contributed by atoms with Crippen molar-refractivity contribution < 1.29 is 0 Å². The summed E-state index contributed by atoms with van der Waals surface area (Å²) in [5.74, 6) is 0. The second kappa shape index (κ2) is 2.98. The van der Waals surface area contributed by atoms with E-state index in [2.05, 4.69) is 33.1 Å². The van der Waals surface area contributed by atoms with E-state index in [0.717, 1.165) is 0 Å². The van der Waals surface area contributed by atoms with Crippen LogP contribution in [0.3, 0.4) is 0 Å². The van der Waals surface area contributed by atoms with E-state index in [4.69, 9.17) is 0 Å².